The first-order chi connectivity index (χ1) is 15.1. The zero-order chi connectivity index (χ0) is 21.8. The van der Waals surface area contributed by atoms with Crippen molar-refractivity contribution in [2.45, 2.75) is 33.2 Å². The van der Waals surface area contributed by atoms with Gasteiger partial charge in [0.2, 0.25) is 0 Å². The number of fused-ring (bicyclic) bond motifs is 1. The van der Waals surface area contributed by atoms with Gasteiger partial charge in [-0.1, -0.05) is 25.1 Å². The Labute approximate surface area is 180 Å². The van der Waals surface area contributed by atoms with Crippen LogP contribution in [0.1, 0.15) is 35.0 Å². The predicted molar refractivity (Wildman–Crippen MR) is 120 cm³/mol. The molecule has 0 radical (unpaired) electrons. The molecule has 3 aromatic heterocycles. The predicted octanol–water partition coefficient (Wildman–Crippen LogP) is 3.45. The summed E-state index contributed by atoms with van der Waals surface area (Å²) >= 11 is 0. The summed E-state index contributed by atoms with van der Waals surface area (Å²) in [6.07, 6.45) is 5.62. The van der Waals surface area contributed by atoms with Gasteiger partial charge in [0.25, 0.3) is 5.91 Å². The number of nitrogens with one attached hydrogen (secondary N) is 2. The quantitative estimate of drug-likeness (QED) is 0.480. The van der Waals surface area contributed by atoms with Gasteiger partial charge in [0.05, 0.1) is 17.9 Å². The minimum absolute atomic E-state index is 0.0948. The van der Waals surface area contributed by atoms with Gasteiger partial charge in [-0.05, 0) is 49.6 Å². The number of aryl methyl sites for hydroxylation is 1. The number of nitrogens with zero attached hydrogens (tertiary/aromatic N) is 5. The standard InChI is InChI=1S/C23H25N7O/c1-4-18(14-24-20-10-9-17-7-5-6-8-19(17)29-20)28-23(31)21-22(30-26-11-12-27-30)16(3)15(2)13-25-21/h5-13,18H,4,14H2,1-3H3,(H,24,29)(H,28,31). The number of para-hydroxylation sites is 1. The molecule has 4 rings (SSSR count). The molecule has 0 fully saturated rings. The second kappa shape index (κ2) is 8.91. The molecule has 1 amide bonds. The molecule has 3 heterocycles. The van der Waals surface area contributed by atoms with Gasteiger partial charge in [0.15, 0.2) is 5.69 Å². The zero-order valence-electron chi connectivity index (χ0n) is 17.8. The summed E-state index contributed by atoms with van der Waals surface area (Å²) in [6.45, 7) is 6.47. The highest BCUT2D eigenvalue weighted by Gasteiger charge is 2.21. The van der Waals surface area contributed by atoms with Crippen molar-refractivity contribution < 1.29 is 4.79 Å². The van der Waals surface area contributed by atoms with Crippen LogP contribution >= 0.6 is 0 Å². The van der Waals surface area contributed by atoms with Crippen LogP contribution in [0.2, 0.25) is 0 Å². The number of hydrogen-bond acceptors (Lipinski definition) is 6. The minimum atomic E-state index is -0.254. The molecule has 1 aromatic carbocycles. The first-order valence-corrected chi connectivity index (χ1v) is 10.3. The zero-order valence-corrected chi connectivity index (χ0v) is 17.8. The lowest BCUT2D eigenvalue weighted by molar-refractivity contribution is 0.0932. The van der Waals surface area contributed by atoms with Gasteiger partial charge in [0, 0.05) is 24.2 Å². The van der Waals surface area contributed by atoms with E-state index < -0.39 is 0 Å². The maximum absolute atomic E-state index is 13.1. The number of benzene rings is 1. The molecule has 0 aliphatic carbocycles. The third kappa shape index (κ3) is 4.37. The topological polar surface area (TPSA) is 97.6 Å². The largest absolute Gasteiger partial charge is 0.368 e. The summed E-state index contributed by atoms with van der Waals surface area (Å²) in [5, 5.41) is 15.9. The third-order valence-electron chi connectivity index (χ3n) is 5.35. The van der Waals surface area contributed by atoms with Crippen LogP contribution < -0.4 is 10.6 Å². The number of carbonyl (C=O) groups is 1. The van der Waals surface area contributed by atoms with E-state index >= 15 is 0 Å². The Morgan fingerprint density at radius 3 is 2.65 bits per heavy atom. The number of hydrogen-bond donors (Lipinski definition) is 2. The fourth-order valence-electron chi connectivity index (χ4n) is 3.37. The van der Waals surface area contributed by atoms with Crippen LogP contribution in [0.15, 0.2) is 55.0 Å². The number of anilines is 1. The Balaban J connectivity index is 1.50. The summed E-state index contributed by atoms with van der Waals surface area (Å²) in [5.74, 6) is 0.521. The Kier molecular flexibility index (Phi) is 5.88. The van der Waals surface area contributed by atoms with E-state index in [0.29, 0.717) is 17.9 Å². The molecule has 158 valence electrons. The SMILES string of the molecule is CCC(CNc1ccc2ccccc2n1)NC(=O)c1ncc(C)c(C)c1-n1nccn1. The van der Waals surface area contributed by atoms with Crippen LogP contribution in [0.3, 0.4) is 0 Å². The first-order valence-electron chi connectivity index (χ1n) is 10.3. The molecule has 4 aromatic rings. The number of rotatable bonds is 7. The summed E-state index contributed by atoms with van der Waals surface area (Å²) in [6, 6.07) is 11.9. The van der Waals surface area contributed by atoms with Crippen molar-refractivity contribution >= 4 is 22.6 Å². The molecule has 8 nitrogen and oxygen atoms in total. The monoisotopic (exact) mass is 415 g/mol. The normalized spacial score (nSPS) is 12.0. The molecule has 0 saturated heterocycles. The molecule has 0 aliphatic heterocycles. The van der Waals surface area contributed by atoms with Gasteiger partial charge in [-0.3, -0.25) is 4.79 Å². The maximum atomic E-state index is 13.1. The van der Waals surface area contributed by atoms with E-state index in [9.17, 15) is 4.79 Å². The minimum Gasteiger partial charge on any atom is -0.368 e. The van der Waals surface area contributed by atoms with Crippen LogP contribution in [0.25, 0.3) is 16.6 Å². The fourth-order valence-corrected chi connectivity index (χ4v) is 3.37. The molecule has 1 atom stereocenters. The van der Waals surface area contributed by atoms with Crippen LogP contribution in [-0.2, 0) is 0 Å². The van der Waals surface area contributed by atoms with Crippen molar-refractivity contribution in [1.82, 2.24) is 30.3 Å². The van der Waals surface area contributed by atoms with E-state index in [1.54, 1.807) is 18.6 Å². The molecule has 31 heavy (non-hydrogen) atoms. The van der Waals surface area contributed by atoms with Crippen LogP contribution in [-0.4, -0.2) is 43.5 Å². The summed E-state index contributed by atoms with van der Waals surface area (Å²) in [7, 11) is 0. The van der Waals surface area contributed by atoms with Crippen molar-refractivity contribution in [1.29, 1.82) is 0 Å². The van der Waals surface area contributed by atoms with Crippen LogP contribution in [0.4, 0.5) is 5.82 Å². The fraction of sp³-hybridized carbons (Fsp3) is 0.261. The second-order valence-corrected chi connectivity index (χ2v) is 7.43. The van der Waals surface area contributed by atoms with Crippen molar-refractivity contribution in [2.75, 3.05) is 11.9 Å². The highest BCUT2D eigenvalue weighted by molar-refractivity contribution is 5.96. The van der Waals surface area contributed by atoms with Crippen molar-refractivity contribution in [2.24, 2.45) is 0 Å². The average Bonchev–Trinajstić information content (AvgIpc) is 3.32. The summed E-state index contributed by atoms with van der Waals surface area (Å²) in [4.78, 5) is 23.6. The van der Waals surface area contributed by atoms with Gasteiger partial charge < -0.3 is 10.6 Å². The molecular formula is C23H25N7O. The molecule has 2 N–H and O–H groups in total. The van der Waals surface area contributed by atoms with Crippen LogP contribution in [0, 0.1) is 13.8 Å². The molecule has 8 heteroatoms. The van der Waals surface area contributed by atoms with E-state index in [4.69, 9.17) is 0 Å². The molecule has 0 aliphatic rings. The van der Waals surface area contributed by atoms with Gasteiger partial charge in [-0.25, -0.2) is 9.97 Å². The Bertz CT molecular complexity index is 1200. The molecule has 0 bridgehead atoms. The lowest BCUT2D eigenvalue weighted by atomic mass is 10.1. The van der Waals surface area contributed by atoms with Crippen molar-refractivity contribution in [3.63, 3.8) is 0 Å². The average molecular weight is 416 g/mol. The Morgan fingerprint density at radius 2 is 1.87 bits per heavy atom. The van der Waals surface area contributed by atoms with E-state index in [-0.39, 0.29) is 11.9 Å². The summed E-state index contributed by atoms with van der Waals surface area (Å²) in [5.41, 5.74) is 3.73. The lowest BCUT2D eigenvalue weighted by Gasteiger charge is -2.19. The van der Waals surface area contributed by atoms with Crippen molar-refractivity contribution in [3.05, 3.63) is 71.8 Å². The maximum Gasteiger partial charge on any atom is 0.272 e. The van der Waals surface area contributed by atoms with Gasteiger partial charge in [-0.15, -0.1) is 4.80 Å². The van der Waals surface area contributed by atoms with Crippen LogP contribution in [0.5, 0.6) is 0 Å². The number of pyridine rings is 2. The molecule has 0 spiro atoms. The molecular weight excluding hydrogens is 390 g/mol. The highest BCUT2D eigenvalue weighted by Crippen LogP contribution is 2.19. The highest BCUT2D eigenvalue weighted by atomic mass is 16.2. The Hall–Kier alpha value is -3.81. The van der Waals surface area contributed by atoms with E-state index in [2.05, 4.69) is 30.8 Å². The lowest BCUT2D eigenvalue weighted by Crippen LogP contribution is -2.40. The van der Waals surface area contributed by atoms with Gasteiger partial charge in [0.1, 0.15) is 11.5 Å². The van der Waals surface area contributed by atoms with Crippen molar-refractivity contribution in [3.8, 4) is 5.69 Å². The number of carbonyl (C=O) groups excluding carboxylic acids is 1. The molecule has 1 unspecified atom stereocenters. The van der Waals surface area contributed by atoms with Gasteiger partial charge in [-0.2, -0.15) is 10.2 Å². The first kappa shape index (κ1) is 20.5. The summed E-state index contributed by atoms with van der Waals surface area (Å²) < 4.78 is 0. The smallest absolute Gasteiger partial charge is 0.272 e. The van der Waals surface area contributed by atoms with E-state index in [1.165, 1.54) is 4.80 Å². The molecule has 0 saturated carbocycles. The van der Waals surface area contributed by atoms with E-state index in [1.807, 2.05) is 57.2 Å². The number of aromatic nitrogens is 5. The van der Waals surface area contributed by atoms with Gasteiger partial charge >= 0.3 is 0 Å². The third-order valence-corrected chi connectivity index (χ3v) is 5.35. The Morgan fingerprint density at radius 1 is 1.10 bits per heavy atom. The second-order valence-electron chi connectivity index (χ2n) is 7.43. The van der Waals surface area contributed by atoms with E-state index in [0.717, 1.165) is 34.3 Å². The number of amides is 1.